The second-order valence-corrected chi connectivity index (χ2v) is 11.3. The zero-order chi connectivity index (χ0) is 24.1. The molecule has 0 spiro atoms. The number of hydrogen-bond donors (Lipinski definition) is 1. The minimum atomic E-state index is -3.61. The number of nitrogens with one attached hydrogen (secondary N) is 1. The van der Waals surface area contributed by atoms with Gasteiger partial charge in [0.25, 0.3) is 5.91 Å². The van der Waals surface area contributed by atoms with Crippen LogP contribution in [-0.2, 0) is 15.8 Å². The Hall–Kier alpha value is -2.52. The molecule has 0 aliphatic carbocycles. The molecule has 3 aromatic carbocycles. The Labute approximate surface area is 209 Å². The van der Waals surface area contributed by atoms with Crippen molar-refractivity contribution in [3.05, 3.63) is 82.9 Å². The molecule has 9 heteroatoms. The standard InChI is InChI=1S/C25H25ClN2O4S2/c1-32-24-13-12-22(34(30,31)28-14-2-3-15-28)16-23(24)27-25(29)19-6-4-18(5-7-19)17-33-21-10-8-20(26)9-11-21/h4-13,16H,2-3,14-15,17H2,1H3,(H,27,29). The van der Waals surface area contributed by atoms with Crippen LogP contribution in [0.2, 0.25) is 5.02 Å². The van der Waals surface area contributed by atoms with E-state index in [2.05, 4.69) is 5.32 Å². The lowest BCUT2D eigenvalue weighted by Crippen LogP contribution is -2.28. The van der Waals surface area contributed by atoms with Crippen molar-refractivity contribution >= 4 is 45.0 Å². The van der Waals surface area contributed by atoms with Crippen molar-refractivity contribution in [3.8, 4) is 5.75 Å². The number of sulfonamides is 1. The predicted molar refractivity (Wildman–Crippen MR) is 136 cm³/mol. The van der Waals surface area contributed by atoms with Crippen LogP contribution in [0, 0.1) is 0 Å². The van der Waals surface area contributed by atoms with Gasteiger partial charge in [0.15, 0.2) is 0 Å². The number of nitrogens with zero attached hydrogens (tertiary/aromatic N) is 1. The van der Waals surface area contributed by atoms with Gasteiger partial charge in [0.1, 0.15) is 5.75 Å². The van der Waals surface area contributed by atoms with Gasteiger partial charge >= 0.3 is 0 Å². The number of methoxy groups -OCH3 is 1. The van der Waals surface area contributed by atoms with E-state index in [0.717, 1.165) is 29.1 Å². The molecule has 1 saturated heterocycles. The van der Waals surface area contributed by atoms with Crippen molar-refractivity contribution in [2.75, 3.05) is 25.5 Å². The van der Waals surface area contributed by atoms with Crippen LogP contribution < -0.4 is 10.1 Å². The van der Waals surface area contributed by atoms with Crippen molar-refractivity contribution in [2.24, 2.45) is 0 Å². The first-order chi connectivity index (χ1) is 16.4. The number of hydrogen-bond acceptors (Lipinski definition) is 5. The molecule has 1 fully saturated rings. The second kappa shape index (κ2) is 10.8. The van der Waals surface area contributed by atoms with E-state index in [1.807, 2.05) is 36.4 Å². The lowest BCUT2D eigenvalue weighted by Gasteiger charge is -2.17. The van der Waals surface area contributed by atoms with Crippen LogP contribution in [0.5, 0.6) is 5.75 Å². The van der Waals surface area contributed by atoms with Gasteiger partial charge in [0.2, 0.25) is 10.0 Å². The molecule has 1 heterocycles. The van der Waals surface area contributed by atoms with Crippen LogP contribution in [-0.4, -0.2) is 38.8 Å². The smallest absolute Gasteiger partial charge is 0.255 e. The number of halogens is 1. The molecule has 178 valence electrons. The van der Waals surface area contributed by atoms with E-state index in [1.54, 1.807) is 30.0 Å². The van der Waals surface area contributed by atoms with Crippen molar-refractivity contribution in [2.45, 2.75) is 28.4 Å². The zero-order valence-electron chi connectivity index (χ0n) is 18.7. The highest BCUT2D eigenvalue weighted by molar-refractivity contribution is 7.98. The van der Waals surface area contributed by atoms with Crippen molar-refractivity contribution in [3.63, 3.8) is 0 Å². The fourth-order valence-electron chi connectivity index (χ4n) is 3.67. The van der Waals surface area contributed by atoms with Crippen LogP contribution in [0.15, 0.2) is 76.5 Å². The largest absolute Gasteiger partial charge is 0.495 e. The average molecular weight is 517 g/mol. The van der Waals surface area contributed by atoms with Crippen molar-refractivity contribution < 1.29 is 17.9 Å². The van der Waals surface area contributed by atoms with Crippen LogP contribution in [0.1, 0.15) is 28.8 Å². The first-order valence-electron chi connectivity index (χ1n) is 10.8. The molecule has 1 N–H and O–H groups in total. The lowest BCUT2D eigenvalue weighted by atomic mass is 10.1. The third-order valence-electron chi connectivity index (χ3n) is 5.56. The van der Waals surface area contributed by atoms with E-state index in [-0.39, 0.29) is 10.8 Å². The number of benzene rings is 3. The molecule has 34 heavy (non-hydrogen) atoms. The molecule has 6 nitrogen and oxygen atoms in total. The summed E-state index contributed by atoms with van der Waals surface area (Å²) < 4.78 is 32.7. The Morgan fingerprint density at radius 2 is 1.71 bits per heavy atom. The molecule has 1 amide bonds. The molecule has 1 aliphatic heterocycles. The van der Waals surface area contributed by atoms with Crippen LogP contribution in [0.4, 0.5) is 5.69 Å². The van der Waals surface area contributed by atoms with Gasteiger partial charge < -0.3 is 10.1 Å². The van der Waals surface area contributed by atoms with Crippen LogP contribution >= 0.6 is 23.4 Å². The maximum atomic E-state index is 12.9. The summed E-state index contributed by atoms with van der Waals surface area (Å²) in [7, 11) is -2.13. The monoisotopic (exact) mass is 516 g/mol. The van der Waals surface area contributed by atoms with Crippen molar-refractivity contribution in [1.82, 2.24) is 4.31 Å². The Morgan fingerprint density at radius 1 is 1.03 bits per heavy atom. The first-order valence-corrected chi connectivity index (χ1v) is 13.6. The van der Waals surface area contributed by atoms with Gasteiger partial charge in [0, 0.05) is 34.3 Å². The number of thioether (sulfide) groups is 1. The van der Waals surface area contributed by atoms with E-state index in [0.29, 0.717) is 35.1 Å². The summed E-state index contributed by atoms with van der Waals surface area (Å²) >= 11 is 7.61. The van der Waals surface area contributed by atoms with Gasteiger partial charge in [0.05, 0.1) is 17.7 Å². The minimum Gasteiger partial charge on any atom is -0.495 e. The zero-order valence-corrected chi connectivity index (χ0v) is 21.0. The summed E-state index contributed by atoms with van der Waals surface area (Å²) in [5.41, 5.74) is 1.86. The topological polar surface area (TPSA) is 75.7 Å². The Balaban J connectivity index is 1.45. The molecular formula is C25H25ClN2O4S2. The third-order valence-corrected chi connectivity index (χ3v) is 8.79. The fourth-order valence-corrected chi connectivity index (χ4v) is 6.19. The highest BCUT2D eigenvalue weighted by atomic mass is 35.5. The van der Waals surface area contributed by atoms with Crippen LogP contribution in [0.3, 0.4) is 0 Å². The molecule has 0 saturated carbocycles. The van der Waals surface area contributed by atoms with Crippen LogP contribution in [0.25, 0.3) is 0 Å². The minimum absolute atomic E-state index is 0.139. The van der Waals surface area contributed by atoms with E-state index in [4.69, 9.17) is 16.3 Å². The molecule has 3 aromatic rings. The fraction of sp³-hybridized carbons (Fsp3) is 0.240. The summed E-state index contributed by atoms with van der Waals surface area (Å²) in [5, 5.41) is 3.50. The highest BCUT2D eigenvalue weighted by Crippen LogP contribution is 2.31. The number of amides is 1. The quantitative estimate of drug-likeness (QED) is 0.390. The first kappa shape index (κ1) is 24.6. The molecule has 0 bridgehead atoms. The van der Waals surface area contributed by atoms with E-state index < -0.39 is 10.0 Å². The maximum Gasteiger partial charge on any atom is 0.255 e. The molecule has 0 aromatic heterocycles. The maximum absolute atomic E-state index is 12.9. The average Bonchev–Trinajstić information content (AvgIpc) is 3.40. The number of ether oxygens (including phenoxy) is 1. The number of carbonyl (C=O) groups is 1. The summed E-state index contributed by atoms with van der Waals surface area (Å²) in [6, 6.07) is 19.5. The number of anilines is 1. The summed E-state index contributed by atoms with van der Waals surface area (Å²) in [4.78, 5) is 14.1. The Kier molecular flexibility index (Phi) is 7.83. The third kappa shape index (κ3) is 5.75. The molecule has 1 aliphatic rings. The lowest BCUT2D eigenvalue weighted by molar-refractivity contribution is 0.102. The predicted octanol–water partition coefficient (Wildman–Crippen LogP) is 5.68. The molecule has 4 rings (SSSR count). The molecule has 0 radical (unpaired) electrons. The molecule has 0 atom stereocenters. The van der Waals surface area contributed by atoms with E-state index >= 15 is 0 Å². The van der Waals surface area contributed by atoms with Gasteiger partial charge in [-0.2, -0.15) is 4.31 Å². The Morgan fingerprint density at radius 3 is 2.35 bits per heavy atom. The molecule has 0 unspecified atom stereocenters. The summed E-state index contributed by atoms with van der Waals surface area (Å²) in [5.74, 6) is 0.809. The number of rotatable bonds is 8. The van der Waals surface area contributed by atoms with Gasteiger partial charge in [-0.15, -0.1) is 11.8 Å². The van der Waals surface area contributed by atoms with Gasteiger partial charge in [-0.25, -0.2) is 8.42 Å². The second-order valence-electron chi connectivity index (χ2n) is 7.87. The number of carbonyl (C=O) groups excluding carboxylic acids is 1. The van der Waals surface area contributed by atoms with Crippen molar-refractivity contribution in [1.29, 1.82) is 0 Å². The van der Waals surface area contributed by atoms with Gasteiger partial charge in [-0.3, -0.25) is 4.79 Å². The highest BCUT2D eigenvalue weighted by Gasteiger charge is 2.28. The summed E-state index contributed by atoms with van der Waals surface area (Å²) in [6.45, 7) is 1.03. The van der Waals surface area contributed by atoms with E-state index in [9.17, 15) is 13.2 Å². The normalized spacial score (nSPS) is 14.2. The SMILES string of the molecule is COc1ccc(S(=O)(=O)N2CCCC2)cc1NC(=O)c1ccc(CSc2ccc(Cl)cc2)cc1. The Bertz CT molecular complexity index is 1260. The molecular weight excluding hydrogens is 492 g/mol. The summed E-state index contributed by atoms with van der Waals surface area (Å²) in [6.07, 6.45) is 1.71. The van der Waals surface area contributed by atoms with Gasteiger partial charge in [-0.1, -0.05) is 23.7 Å². The van der Waals surface area contributed by atoms with Gasteiger partial charge in [-0.05, 0) is 73.0 Å². The van der Waals surface area contributed by atoms with E-state index in [1.165, 1.54) is 23.5 Å².